The minimum Gasteiger partial charge on any atom is -0.391 e. The van der Waals surface area contributed by atoms with Gasteiger partial charge < -0.3 is 10.8 Å². The van der Waals surface area contributed by atoms with E-state index in [0.29, 0.717) is 6.54 Å². The Kier molecular flexibility index (Phi) is 3.77. The van der Waals surface area contributed by atoms with Crippen molar-refractivity contribution in [3.05, 3.63) is 42.3 Å². The van der Waals surface area contributed by atoms with E-state index in [9.17, 15) is 0 Å². The fraction of sp³-hybridized carbons (Fsp3) is 0.300. The Labute approximate surface area is 73.0 Å². The van der Waals surface area contributed by atoms with Crippen molar-refractivity contribution in [3.8, 4) is 0 Å². The van der Waals surface area contributed by atoms with E-state index in [-0.39, 0.29) is 0 Å². The summed E-state index contributed by atoms with van der Waals surface area (Å²) in [5.74, 6) is 0. The van der Waals surface area contributed by atoms with Gasteiger partial charge in [-0.05, 0) is 18.4 Å². The zero-order valence-corrected chi connectivity index (χ0v) is 6.98. The predicted octanol–water partition coefficient (Wildman–Crippen LogP) is 0.753. The van der Waals surface area contributed by atoms with Crippen LogP contribution in [-0.2, 0) is 6.42 Å². The van der Waals surface area contributed by atoms with Gasteiger partial charge >= 0.3 is 0 Å². The first kappa shape index (κ1) is 9.23. The van der Waals surface area contributed by atoms with Crippen LogP contribution in [0.15, 0.2) is 30.3 Å². The van der Waals surface area contributed by atoms with Crippen molar-refractivity contribution < 1.29 is 5.11 Å². The molecule has 65 valence electrons. The van der Waals surface area contributed by atoms with Crippen molar-refractivity contribution in [2.45, 2.75) is 12.5 Å². The van der Waals surface area contributed by atoms with Crippen molar-refractivity contribution in [1.29, 1.82) is 0 Å². The van der Waals surface area contributed by atoms with Crippen molar-refractivity contribution in [3.63, 3.8) is 0 Å². The van der Waals surface area contributed by atoms with Crippen LogP contribution in [0.3, 0.4) is 0 Å². The summed E-state index contributed by atoms with van der Waals surface area (Å²) >= 11 is 0. The second-order valence-electron chi connectivity index (χ2n) is 2.73. The predicted molar refractivity (Wildman–Crippen MR) is 49.5 cm³/mol. The number of benzene rings is 1. The van der Waals surface area contributed by atoms with Gasteiger partial charge in [-0.3, -0.25) is 0 Å². The molecule has 0 spiro atoms. The third-order valence-corrected chi connectivity index (χ3v) is 1.71. The fourth-order valence-electron chi connectivity index (χ4n) is 0.982. The quantitative estimate of drug-likeness (QED) is 0.690. The first-order valence-electron chi connectivity index (χ1n) is 4.08. The Morgan fingerprint density at radius 1 is 1.33 bits per heavy atom. The van der Waals surface area contributed by atoms with Gasteiger partial charge in [0.15, 0.2) is 0 Å². The Morgan fingerprint density at radius 3 is 2.58 bits per heavy atom. The third-order valence-electron chi connectivity index (χ3n) is 1.71. The molecule has 2 heteroatoms. The van der Waals surface area contributed by atoms with Crippen LogP contribution in [0.5, 0.6) is 0 Å². The van der Waals surface area contributed by atoms with Crippen LogP contribution < -0.4 is 5.73 Å². The van der Waals surface area contributed by atoms with Gasteiger partial charge in [0.1, 0.15) is 0 Å². The van der Waals surface area contributed by atoms with E-state index in [1.807, 2.05) is 36.8 Å². The molecule has 0 heterocycles. The van der Waals surface area contributed by atoms with Gasteiger partial charge in [0.2, 0.25) is 0 Å². The molecule has 0 bridgehead atoms. The summed E-state index contributed by atoms with van der Waals surface area (Å²) in [7, 11) is 0. The molecule has 3 N–H and O–H groups in total. The summed E-state index contributed by atoms with van der Waals surface area (Å²) in [6, 6.07) is 10.00. The summed E-state index contributed by atoms with van der Waals surface area (Å²) in [5.41, 5.74) is 6.45. The molecule has 0 aliphatic rings. The van der Waals surface area contributed by atoms with Gasteiger partial charge in [0.05, 0.1) is 6.10 Å². The molecule has 1 rings (SSSR count). The lowest BCUT2D eigenvalue weighted by Gasteiger charge is -2.05. The minimum absolute atomic E-state index is 0.298. The number of nitrogens with two attached hydrogens (primary N) is 1. The van der Waals surface area contributed by atoms with Crippen LogP contribution in [0.4, 0.5) is 0 Å². The Bertz CT molecular complexity index is 210. The maximum atomic E-state index is 9.14. The molecule has 0 fully saturated rings. The van der Waals surface area contributed by atoms with Gasteiger partial charge in [-0.15, -0.1) is 0 Å². The van der Waals surface area contributed by atoms with Crippen LogP contribution in [0, 0.1) is 6.42 Å². The highest BCUT2D eigenvalue weighted by molar-refractivity contribution is 5.16. The molecule has 2 nitrogen and oxygen atoms in total. The van der Waals surface area contributed by atoms with E-state index >= 15 is 0 Å². The van der Waals surface area contributed by atoms with Gasteiger partial charge in [-0.1, -0.05) is 30.3 Å². The van der Waals surface area contributed by atoms with Gasteiger partial charge in [-0.25, -0.2) is 0 Å². The number of rotatable bonds is 4. The molecule has 0 aliphatic carbocycles. The zero-order valence-electron chi connectivity index (χ0n) is 6.98. The summed E-state index contributed by atoms with van der Waals surface area (Å²) in [6.07, 6.45) is 2.11. The lowest BCUT2D eigenvalue weighted by atomic mass is 10.1. The molecule has 0 aromatic heterocycles. The molecule has 0 saturated heterocycles. The second kappa shape index (κ2) is 4.91. The molecular weight excluding hydrogens is 150 g/mol. The van der Waals surface area contributed by atoms with E-state index in [4.69, 9.17) is 10.8 Å². The molecular formula is C10H14NO. The van der Waals surface area contributed by atoms with Gasteiger partial charge in [-0.2, -0.15) is 0 Å². The van der Waals surface area contributed by atoms with Crippen LogP contribution in [0.1, 0.15) is 5.56 Å². The van der Waals surface area contributed by atoms with E-state index in [0.717, 1.165) is 6.42 Å². The van der Waals surface area contributed by atoms with Crippen molar-refractivity contribution in [2.24, 2.45) is 5.73 Å². The van der Waals surface area contributed by atoms with Crippen LogP contribution in [0.25, 0.3) is 0 Å². The smallest absolute Gasteiger partial charge is 0.0697 e. The van der Waals surface area contributed by atoms with E-state index < -0.39 is 6.10 Å². The molecule has 0 aliphatic heterocycles. The average Bonchev–Trinajstić information content (AvgIpc) is 2.16. The fourth-order valence-corrected chi connectivity index (χ4v) is 0.982. The summed E-state index contributed by atoms with van der Waals surface area (Å²) in [6.45, 7) is 0.298. The highest BCUT2D eigenvalue weighted by Gasteiger charge is 2.00. The molecule has 0 unspecified atom stereocenters. The summed E-state index contributed by atoms with van der Waals surface area (Å²) < 4.78 is 0. The van der Waals surface area contributed by atoms with Gasteiger partial charge in [0.25, 0.3) is 0 Å². The zero-order chi connectivity index (χ0) is 8.81. The van der Waals surface area contributed by atoms with Gasteiger partial charge in [0, 0.05) is 6.54 Å². The summed E-state index contributed by atoms with van der Waals surface area (Å²) in [4.78, 5) is 0. The SMILES string of the molecule is NC[C@H](O)[CH]Cc1ccccc1. The van der Waals surface area contributed by atoms with Crippen molar-refractivity contribution >= 4 is 0 Å². The van der Waals surface area contributed by atoms with Crippen molar-refractivity contribution in [1.82, 2.24) is 0 Å². The van der Waals surface area contributed by atoms with Crippen LogP contribution in [-0.4, -0.2) is 17.8 Å². The number of aliphatic hydroxyl groups is 1. The Balaban J connectivity index is 2.33. The molecule has 12 heavy (non-hydrogen) atoms. The first-order chi connectivity index (χ1) is 5.83. The first-order valence-corrected chi connectivity index (χ1v) is 4.08. The Morgan fingerprint density at radius 2 is 2.00 bits per heavy atom. The summed E-state index contributed by atoms with van der Waals surface area (Å²) in [5, 5.41) is 9.14. The standard InChI is InChI=1S/C10H14NO/c11-8-10(12)7-6-9-4-2-1-3-5-9/h1-5,7,10,12H,6,8,11H2/t10-/m1/s1. The van der Waals surface area contributed by atoms with E-state index in [2.05, 4.69) is 0 Å². The lowest BCUT2D eigenvalue weighted by molar-refractivity contribution is 0.212. The Hall–Kier alpha value is -0.860. The van der Waals surface area contributed by atoms with Crippen molar-refractivity contribution in [2.75, 3.05) is 6.54 Å². The number of aliphatic hydroxyl groups excluding tert-OH is 1. The van der Waals surface area contributed by atoms with E-state index in [1.54, 1.807) is 0 Å². The monoisotopic (exact) mass is 164 g/mol. The second-order valence-corrected chi connectivity index (χ2v) is 2.73. The normalized spacial score (nSPS) is 12.8. The third kappa shape index (κ3) is 3.03. The van der Waals surface area contributed by atoms with E-state index in [1.165, 1.54) is 5.56 Å². The molecule has 1 atom stereocenters. The molecule has 1 aromatic carbocycles. The maximum absolute atomic E-state index is 9.14. The molecule has 0 saturated carbocycles. The molecule has 1 aromatic rings. The van der Waals surface area contributed by atoms with Crippen LogP contribution >= 0.6 is 0 Å². The highest BCUT2D eigenvalue weighted by Crippen LogP contribution is 2.02. The lowest BCUT2D eigenvalue weighted by Crippen LogP contribution is -2.20. The largest absolute Gasteiger partial charge is 0.391 e. The molecule has 0 amide bonds. The highest BCUT2D eigenvalue weighted by atomic mass is 16.3. The maximum Gasteiger partial charge on any atom is 0.0697 e. The minimum atomic E-state index is -0.481. The average molecular weight is 164 g/mol. The van der Waals surface area contributed by atoms with Crippen LogP contribution in [0.2, 0.25) is 0 Å². The molecule has 1 radical (unpaired) electrons. The topological polar surface area (TPSA) is 46.2 Å². The number of hydrogen-bond donors (Lipinski definition) is 2. The number of hydrogen-bond acceptors (Lipinski definition) is 2.